The van der Waals surface area contributed by atoms with Crippen LogP contribution in [-0.4, -0.2) is 51.0 Å². The first-order valence-electron chi connectivity index (χ1n) is 9.52. The van der Waals surface area contributed by atoms with Gasteiger partial charge >= 0.3 is 0 Å². The second kappa shape index (κ2) is 10.3. The Hall–Kier alpha value is -2.27. The van der Waals surface area contributed by atoms with Gasteiger partial charge in [0.15, 0.2) is 5.82 Å². The number of hydrogen-bond donors (Lipinski definition) is 0. The van der Waals surface area contributed by atoms with Crippen LogP contribution >= 0.6 is 55.1 Å². The van der Waals surface area contributed by atoms with E-state index in [0.29, 0.717) is 15.6 Å². The van der Waals surface area contributed by atoms with Crippen LogP contribution < -0.4 is 4.90 Å². The van der Waals surface area contributed by atoms with Gasteiger partial charge in [-0.1, -0.05) is 23.2 Å². The zero-order valence-corrected chi connectivity index (χ0v) is 22.3. The lowest BCUT2D eigenvalue weighted by atomic mass is 10.1. The van der Waals surface area contributed by atoms with E-state index < -0.39 is 17.7 Å². The van der Waals surface area contributed by atoms with Gasteiger partial charge < -0.3 is 4.90 Å². The van der Waals surface area contributed by atoms with Gasteiger partial charge in [0.05, 0.1) is 16.3 Å². The number of rotatable bonds is 5. The van der Waals surface area contributed by atoms with Crippen LogP contribution in [0.25, 0.3) is 5.82 Å². The number of carbonyl (C=O) groups excluding carboxylic acids is 3. The number of hydrogen-bond acceptors (Lipinski definition) is 5. The number of carbonyl (C=O) groups is 3. The Kier molecular flexibility index (Phi) is 7.94. The summed E-state index contributed by atoms with van der Waals surface area (Å²) in [4.78, 5) is 46.1. The van der Waals surface area contributed by atoms with E-state index in [1.54, 1.807) is 26.1 Å². The van der Waals surface area contributed by atoms with Crippen molar-refractivity contribution in [2.45, 2.75) is 13.8 Å². The van der Waals surface area contributed by atoms with Crippen LogP contribution in [-0.2, 0) is 4.79 Å². The molecule has 3 aromatic rings. The number of imide groups is 1. The van der Waals surface area contributed by atoms with Crippen LogP contribution in [0.15, 0.2) is 45.6 Å². The maximum absolute atomic E-state index is 13.7. The Balaban J connectivity index is 2.23. The molecule has 12 heteroatoms. The lowest BCUT2D eigenvalue weighted by Crippen LogP contribution is -2.39. The van der Waals surface area contributed by atoms with Gasteiger partial charge in [0.2, 0.25) is 5.91 Å². The monoisotopic (exact) mass is 615 g/mol. The molecule has 33 heavy (non-hydrogen) atoms. The number of benzene rings is 1. The molecule has 3 rings (SSSR count). The highest BCUT2D eigenvalue weighted by molar-refractivity contribution is 9.10. The number of halogens is 4. The van der Waals surface area contributed by atoms with Crippen molar-refractivity contribution in [1.82, 2.24) is 19.7 Å². The predicted molar refractivity (Wildman–Crippen MR) is 133 cm³/mol. The van der Waals surface area contributed by atoms with Crippen LogP contribution in [0.4, 0.5) is 5.69 Å². The second-order valence-corrected chi connectivity index (χ2v) is 9.35. The molecule has 0 radical (unpaired) electrons. The summed E-state index contributed by atoms with van der Waals surface area (Å²) < 4.78 is 1.86. The van der Waals surface area contributed by atoms with Gasteiger partial charge in [0.25, 0.3) is 11.8 Å². The van der Waals surface area contributed by atoms with Crippen LogP contribution in [0.3, 0.4) is 0 Å². The van der Waals surface area contributed by atoms with E-state index >= 15 is 0 Å². The maximum Gasteiger partial charge on any atom is 0.283 e. The van der Waals surface area contributed by atoms with Gasteiger partial charge in [0.1, 0.15) is 10.3 Å². The van der Waals surface area contributed by atoms with Crippen molar-refractivity contribution in [3.63, 3.8) is 0 Å². The fourth-order valence-electron chi connectivity index (χ4n) is 3.02. The molecule has 0 aliphatic heterocycles. The molecule has 2 aromatic heterocycles. The average Bonchev–Trinajstić information content (AvgIpc) is 3.15. The minimum atomic E-state index is -0.737. The van der Waals surface area contributed by atoms with E-state index in [1.165, 1.54) is 40.9 Å². The Morgan fingerprint density at radius 3 is 2.42 bits per heavy atom. The molecule has 0 unspecified atom stereocenters. The lowest BCUT2D eigenvalue weighted by Gasteiger charge is -2.25. The highest BCUT2D eigenvalue weighted by Crippen LogP contribution is 2.36. The van der Waals surface area contributed by atoms with Crippen LogP contribution in [0.1, 0.15) is 34.7 Å². The average molecular weight is 618 g/mol. The number of anilines is 1. The molecule has 0 aliphatic carbocycles. The first-order valence-corrected chi connectivity index (χ1v) is 11.9. The van der Waals surface area contributed by atoms with E-state index in [-0.39, 0.29) is 32.8 Å². The Labute approximate surface area is 216 Å². The number of pyridine rings is 1. The molecule has 3 amide bonds. The standard InChI is InChI=1S/C21H17Br2Cl2N5O3/c1-4-28(3)20(32)13-8-12(24)9-14(22)18(13)29(11(2)31)21(33)16-10-17(23)27-30(16)19-15(25)6-5-7-26-19/h5-10H,4H2,1-3H3. The summed E-state index contributed by atoms with van der Waals surface area (Å²) in [5.74, 6) is -1.56. The molecule has 1 aromatic carbocycles. The molecule has 0 spiro atoms. The molecule has 0 saturated heterocycles. The van der Waals surface area contributed by atoms with Gasteiger partial charge in [-0.3, -0.25) is 14.4 Å². The third kappa shape index (κ3) is 5.13. The SMILES string of the molecule is CCN(C)C(=O)c1cc(Cl)cc(Br)c1N(C(C)=O)C(=O)c1cc(Br)nn1-c1ncccc1Cl. The van der Waals surface area contributed by atoms with Gasteiger partial charge in [-0.25, -0.2) is 14.6 Å². The van der Waals surface area contributed by atoms with Crippen LogP contribution in [0.2, 0.25) is 10.0 Å². The van der Waals surface area contributed by atoms with Crippen molar-refractivity contribution in [3.8, 4) is 5.82 Å². The van der Waals surface area contributed by atoms with Crippen molar-refractivity contribution in [2.75, 3.05) is 18.5 Å². The van der Waals surface area contributed by atoms with Crippen molar-refractivity contribution in [2.24, 2.45) is 0 Å². The summed E-state index contributed by atoms with van der Waals surface area (Å²) in [7, 11) is 1.61. The Bertz CT molecular complexity index is 1260. The molecule has 0 fully saturated rings. The molecule has 0 aliphatic rings. The van der Waals surface area contributed by atoms with E-state index in [9.17, 15) is 14.4 Å². The van der Waals surface area contributed by atoms with Gasteiger partial charge in [-0.2, -0.15) is 5.10 Å². The fraction of sp³-hybridized carbons (Fsp3) is 0.190. The zero-order chi connectivity index (χ0) is 24.4. The van der Waals surface area contributed by atoms with Crippen molar-refractivity contribution >= 4 is 78.5 Å². The second-order valence-electron chi connectivity index (χ2n) is 6.84. The Morgan fingerprint density at radius 2 is 1.82 bits per heavy atom. The molecule has 8 nitrogen and oxygen atoms in total. The molecule has 0 N–H and O–H groups in total. The van der Waals surface area contributed by atoms with Crippen LogP contribution in [0.5, 0.6) is 0 Å². The Morgan fingerprint density at radius 1 is 1.12 bits per heavy atom. The molecular formula is C21H17Br2Cl2N5O3. The van der Waals surface area contributed by atoms with Gasteiger partial charge in [0, 0.05) is 42.3 Å². The summed E-state index contributed by atoms with van der Waals surface area (Å²) in [6.45, 7) is 3.44. The predicted octanol–water partition coefficient (Wildman–Crippen LogP) is 5.38. The summed E-state index contributed by atoms with van der Waals surface area (Å²) in [5, 5.41) is 4.77. The highest BCUT2D eigenvalue weighted by atomic mass is 79.9. The summed E-state index contributed by atoms with van der Waals surface area (Å²) in [6.07, 6.45) is 1.50. The molecule has 0 bridgehead atoms. The van der Waals surface area contributed by atoms with Crippen LogP contribution in [0, 0.1) is 0 Å². The molecule has 172 valence electrons. The number of aromatic nitrogens is 3. The van der Waals surface area contributed by atoms with E-state index in [1.807, 2.05) is 0 Å². The smallest absolute Gasteiger partial charge is 0.283 e. The number of amides is 3. The van der Waals surface area contributed by atoms with E-state index in [0.717, 1.165) is 4.90 Å². The van der Waals surface area contributed by atoms with E-state index in [4.69, 9.17) is 23.2 Å². The molecule has 0 saturated carbocycles. The lowest BCUT2D eigenvalue weighted by molar-refractivity contribution is -0.116. The summed E-state index contributed by atoms with van der Waals surface area (Å²) >= 11 is 19.1. The maximum atomic E-state index is 13.7. The molecule has 0 atom stereocenters. The third-order valence-electron chi connectivity index (χ3n) is 4.66. The van der Waals surface area contributed by atoms with Gasteiger partial charge in [-0.05, 0) is 63.0 Å². The molecule has 2 heterocycles. The largest absolute Gasteiger partial charge is 0.342 e. The fourth-order valence-corrected chi connectivity index (χ4v) is 4.59. The van der Waals surface area contributed by atoms with Crippen molar-refractivity contribution in [1.29, 1.82) is 0 Å². The van der Waals surface area contributed by atoms with Gasteiger partial charge in [-0.15, -0.1) is 0 Å². The van der Waals surface area contributed by atoms with E-state index in [2.05, 4.69) is 41.9 Å². The first kappa shape index (κ1) is 25.4. The quantitative estimate of drug-likeness (QED) is 0.383. The molecular weight excluding hydrogens is 601 g/mol. The highest BCUT2D eigenvalue weighted by Gasteiger charge is 2.32. The normalized spacial score (nSPS) is 10.8. The summed E-state index contributed by atoms with van der Waals surface area (Å²) in [5.41, 5.74) is 0.156. The summed E-state index contributed by atoms with van der Waals surface area (Å²) in [6, 6.07) is 7.60. The first-order chi connectivity index (χ1) is 15.6. The van der Waals surface area contributed by atoms with Crippen molar-refractivity contribution in [3.05, 3.63) is 66.9 Å². The third-order valence-corrected chi connectivity index (χ3v) is 6.16. The topological polar surface area (TPSA) is 88.4 Å². The number of nitrogens with zero attached hydrogens (tertiary/aromatic N) is 5. The van der Waals surface area contributed by atoms with Crippen molar-refractivity contribution < 1.29 is 14.4 Å². The minimum Gasteiger partial charge on any atom is -0.342 e. The zero-order valence-electron chi connectivity index (χ0n) is 17.6. The minimum absolute atomic E-state index is 0.00164.